The molecular formula is C17H18N2O3S. The van der Waals surface area contributed by atoms with Crippen molar-refractivity contribution in [3.63, 3.8) is 0 Å². The number of thiophene rings is 1. The van der Waals surface area contributed by atoms with Crippen LogP contribution >= 0.6 is 11.3 Å². The molecule has 1 amide bonds. The highest BCUT2D eigenvalue weighted by molar-refractivity contribution is 7.14. The fourth-order valence-electron chi connectivity index (χ4n) is 4.23. The number of anilines is 1. The maximum absolute atomic E-state index is 12.5. The molecule has 4 saturated heterocycles. The van der Waals surface area contributed by atoms with Gasteiger partial charge in [-0.1, -0.05) is 0 Å². The van der Waals surface area contributed by atoms with E-state index < -0.39 is 0 Å². The van der Waals surface area contributed by atoms with Gasteiger partial charge in [0.25, 0.3) is 0 Å². The van der Waals surface area contributed by atoms with Gasteiger partial charge in [-0.25, -0.2) is 4.79 Å². The average Bonchev–Trinajstić information content (AvgIpc) is 3.28. The van der Waals surface area contributed by atoms with Crippen LogP contribution in [0.5, 0.6) is 0 Å². The molecule has 6 rings (SSSR count). The Morgan fingerprint density at radius 3 is 2.83 bits per heavy atom. The Hall–Kier alpha value is -1.79. The number of nitrogens with zero attached hydrogens (tertiary/aromatic N) is 2. The molecule has 4 fully saturated rings. The van der Waals surface area contributed by atoms with Gasteiger partial charge in [0.05, 0.1) is 23.4 Å². The number of ether oxygens (including phenoxy) is 1. The molecule has 1 spiro atoms. The predicted octanol–water partition coefficient (Wildman–Crippen LogP) is 3.43. The monoisotopic (exact) mass is 330 g/mol. The molecule has 6 heteroatoms. The van der Waals surface area contributed by atoms with Gasteiger partial charge in [0, 0.05) is 17.8 Å². The van der Waals surface area contributed by atoms with E-state index in [0.717, 1.165) is 48.8 Å². The van der Waals surface area contributed by atoms with Crippen LogP contribution in [-0.2, 0) is 4.74 Å². The Labute approximate surface area is 138 Å². The van der Waals surface area contributed by atoms with E-state index in [1.807, 2.05) is 23.6 Å². The van der Waals surface area contributed by atoms with E-state index >= 15 is 0 Å². The molecule has 0 N–H and O–H groups in total. The molecule has 5 nitrogen and oxygen atoms in total. The summed E-state index contributed by atoms with van der Waals surface area (Å²) < 4.78 is 11.4. The molecule has 0 aromatic carbocycles. The average molecular weight is 330 g/mol. The summed E-state index contributed by atoms with van der Waals surface area (Å²) in [5.41, 5.74) is 0.611. The molecule has 2 aromatic rings. The third kappa shape index (κ3) is 2.05. The predicted molar refractivity (Wildman–Crippen MR) is 87.7 cm³/mol. The maximum atomic E-state index is 12.5. The lowest BCUT2D eigenvalue weighted by Gasteiger charge is -2.49. The van der Waals surface area contributed by atoms with Gasteiger partial charge in [0.1, 0.15) is 11.4 Å². The topological polar surface area (TPSA) is 45.9 Å². The minimum absolute atomic E-state index is 0.206. The molecule has 1 atom stereocenters. The highest BCUT2D eigenvalue weighted by Crippen LogP contribution is 2.44. The highest BCUT2D eigenvalue weighted by atomic mass is 32.1. The lowest BCUT2D eigenvalue weighted by atomic mass is 9.75. The van der Waals surface area contributed by atoms with Crippen molar-refractivity contribution in [2.75, 3.05) is 31.1 Å². The first-order chi connectivity index (χ1) is 11.2. The van der Waals surface area contributed by atoms with Crippen LogP contribution in [0.4, 0.5) is 10.5 Å². The third-order valence-electron chi connectivity index (χ3n) is 5.42. The van der Waals surface area contributed by atoms with Crippen molar-refractivity contribution in [3.05, 3.63) is 29.8 Å². The first-order valence-electron chi connectivity index (χ1n) is 8.09. The van der Waals surface area contributed by atoms with E-state index in [2.05, 4.69) is 4.90 Å². The number of piperidine rings is 3. The van der Waals surface area contributed by atoms with E-state index in [0.29, 0.717) is 12.5 Å². The lowest BCUT2D eigenvalue weighted by molar-refractivity contribution is -0.0881. The van der Waals surface area contributed by atoms with Crippen molar-refractivity contribution >= 4 is 23.1 Å². The molecule has 4 aliphatic rings. The molecule has 120 valence electrons. The Bertz CT molecular complexity index is 733. The molecule has 6 heterocycles. The summed E-state index contributed by atoms with van der Waals surface area (Å²) in [6.07, 6.45) is 3.74. The number of carbonyl (C=O) groups is 1. The van der Waals surface area contributed by atoms with Crippen molar-refractivity contribution < 1.29 is 13.9 Å². The van der Waals surface area contributed by atoms with Crippen molar-refractivity contribution in [1.29, 1.82) is 0 Å². The van der Waals surface area contributed by atoms with Gasteiger partial charge in [-0.2, -0.15) is 0 Å². The highest BCUT2D eigenvalue weighted by Gasteiger charge is 2.55. The fourth-order valence-corrected chi connectivity index (χ4v) is 5.09. The zero-order valence-electron chi connectivity index (χ0n) is 12.7. The SMILES string of the molecule is O=C1O[C@]2(CN3CCC2CC3)CN1c1csc(-c2ccco2)c1. The number of fused-ring (bicyclic) bond motifs is 2. The maximum Gasteiger partial charge on any atom is 0.415 e. The molecule has 23 heavy (non-hydrogen) atoms. The van der Waals surface area contributed by atoms with Crippen LogP contribution in [0.3, 0.4) is 0 Å². The van der Waals surface area contributed by atoms with E-state index in [1.165, 1.54) is 0 Å². The number of hydrogen-bond acceptors (Lipinski definition) is 5. The Morgan fingerprint density at radius 1 is 1.26 bits per heavy atom. The van der Waals surface area contributed by atoms with Gasteiger partial charge in [0.15, 0.2) is 0 Å². The summed E-state index contributed by atoms with van der Waals surface area (Å²) in [4.78, 5) is 17.7. The summed E-state index contributed by atoms with van der Waals surface area (Å²) in [6.45, 7) is 3.84. The van der Waals surface area contributed by atoms with Gasteiger partial charge in [-0.05, 0) is 44.1 Å². The van der Waals surface area contributed by atoms with Crippen molar-refractivity contribution in [1.82, 2.24) is 4.90 Å². The first kappa shape index (κ1) is 13.6. The first-order valence-corrected chi connectivity index (χ1v) is 8.97. The number of carbonyl (C=O) groups excluding carboxylic acids is 1. The Kier molecular flexibility index (Phi) is 2.87. The van der Waals surface area contributed by atoms with E-state index in [9.17, 15) is 4.79 Å². The van der Waals surface area contributed by atoms with Crippen LogP contribution in [0.25, 0.3) is 10.6 Å². The van der Waals surface area contributed by atoms with Crippen molar-refractivity contribution in [2.24, 2.45) is 5.92 Å². The third-order valence-corrected chi connectivity index (χ3v) is 6.35. The van der Waals surface area contributed by atoms with E-state index in [-0.39, 0.29) is 11.7 Å². The van der Waals surface area contributed by atoms with Gasteiger partial charge >= 0.3 is 6.09 Å². The molecule has 2 aromatic heterocycles. The largest absolute Gasteiger partial charge is 0.464 e. The van der Waals surface area contributed by atoms with Crippen LogP contribution < -0.4 is 4.90 Å². The Morgan fingerprint density at radius 2 is 2.13 bits per heavy atom. The summed E-state index contributed by atoms with van der Waals surface area (Å²) in [5, 5.41) is 2.01. The molecule has 0 saturated carbocycles. The van der Waals surface area contributed by atoms with E-state index in [4.69, 9.17) is 9.15 Å². The molecule has 0 radical (unpaired) electrons. The second-order valence-electron chi connectivity index (χ2n) is 6.72. The van der Waals surface area contributed by atoms with Crippen LogP contribution in [0.15, 0.2) is 34.3 Å². The molecule has 4 aliphatic heterocycles. The zero-order valence-corrected chi connectivity index (χ0v) is 13.6. The van der Waals surface area contributed by atoms with Crippen LogP contribution in [0.2, 0.25) is 0 Å². The number of amides is 1. The summed E-state index contributed by atoms with van der Waals surface area (Å²) in [7, 11) is 0. The second kappa shape index (κ2) is 4.85. The minimum atomic E-state index is -0.305. The van der Waals surface area contributed by atoms with Crippen molar-refractivity contribution in [3.8, 4) is 10.6 Å². The molecule has 0 unspecified atom stereocenters. The van der Waals surface area contributed by atoms with Gasteiger partial charge in [0.2, 0.25) is 0 Å². The van der Waals surface area contributed by atoms with E-state index in [1.54, 1.807) is 22.5 Å². The lowest BCUT2D eigenvalue weighted by Crippen LogP contribution is -2.61. The number of rotatable bonds is 2. The number of hydrogen-bond donors (Lipinski definition) is 0. The zero-order chi connectivity index (χ0) is 15.4. The Balaban J connectivity index is 1.43. The quantitative estimate of drug-likeness (QED) is 0.846. The van der Waals surface area contributed by atoms with Crippen LogP contribution in [0.1, 0.15) is 12.8 Å². The van der Waals surface area contributed by atoms with Crippen LogP contribution in [-0.4, -0.2) is 42.8 Å². The van der Waals surface area contributed by atoms with Gasteiger partial charge in [-0.15, -0.1) is 11.3 Å². The number of furan rings is 1. The molecular weight excluding hydrogens is 312 g/mol. The van der Waals surface area contributed by atoms with Gasteiger partial charge in [-0.3, -0.25) is 9.80 Å². The smallest absolute Gasteiger partial charge is 0.415 e. The fraction of sp³-hybridized carbons (Fsp3) is 0.471. The summed E-state index contributed by atoms with van der Waals surface area (Å²) >= 11 is 1.59. The standard InChI is InChI=1S/C17H18N2O3S/c20-16-19(13-8-15(23-9-13)14-2-1-7-21-14)11-17(22-16)10-18-5-3-12(17)4-6-18/h1-2,7-9,12H,3-6,10-11H2/t17-/m1/s1. The second-order valence-corrected chi connectivity index (χ2v) is 7.63. The summed E-state index contributed by atoms with van der Waals surface area (Å²) in [5.74, 6) is 1.34. The summed E-state index contributed by atoms with van der Waals surface area (Å²) in [6, 6.07) is 5.83. The van der Waals surface area contributed by atoms with Gasteiger partial charge < -0.3 is 9.15 Å². The molecule has 2 bridgehead atoms. The molecule has 0 aliphatic carbocycles. The minimum Gasteiger partial charge on any atom is -0.464 e. The van der Waals surface area contributed by atoms with Crippen LogP contribution in [0, 0.1) is 5.92 Å². The van der Waals surface area contributed by atoms with Crippen molar-refractivity contribution in [2.45, 2.75) is 18.4 Å². The normalized spacial score (nSPS) is 32.7.